The summed E-state index contributed by atoms with van der Waals surface area (Å²) in [4.78, 5) is 13.2. The van der Waals surface area contributed by atoms with Gasteiger partial charge in [-0.05, 0) is 49.6 Å². The number of rotatable bonds is 7. The molecule has 1 aromatic carbocycles. The first kappa shape index (κ1) is 17.5. The Balaban J connectivity index is 1.57. The van der Waals surface area contributed by atoms with Crippen LogP contribution in [0, 0.1) is 0 Å². The molecule has 3 aromatic rings. The predicted octanol–water partition coefficient (Wildman–Crippen LogP) is 4.32. The SMILES string of the molecule is CCOc1ccc(NC(=O)C(C)Sc2nnc(-c3cccs3)o2)cc1. The summed E-state index contributed by atoms with van der Waals surface area (Å²) in [7, 11) is 0. The molecule has 0 aliphatic heterocycles. The maximum atomic E-state index is 12.3. The molecule has 1 N–H and O–H groups in total. The molecule has 0 radical (unpaired) electrons. The van der Waals surface area contributed by atoms with E-state index < -0.39 is 0 Å². The van der Waals surface area contributed by atoms with Crippen LogP contribution in [0.1, 0.15) is 13.8 Å². The molecule has 0 spiro atoms. The third-order valence-electron chi connectivity index (χ3n) is 3.22. The number of hydrogen-bond donors (Lipinski definition) is 1. The van der Waals surface area contributed by atoms with Crippen LogP contribution in [0.4, 0.5) is 5.69 Å². The van der Waals surface area contributed by atoms with Crippen molar-refractivity contribution in [3.8, 4) is 16.5 Å². The van der Waals surface area contributed by atoms with E-state index in [0.29, 0.717) is 23.4 Å². The van der Waals surface area contributed by atoms with Gasteiger partial charge in [-0.15, -0.1) is 21.5 Å². The third-order valence-corrected chi connectivity index (χ3v) is 5.01. The molecule has 3 rings (SSSR count). The minimum atomic E-state index is -0.372. The van der Waals surface area contributed by atoms with Gasteiger partial charge < -0.3 is 14.5 Å². The van der Waals surface area contributed by atoms with Gasteiger partial charge >= 0.3 is 0 Å². The van der Waals surface area contributed by atoms with Crippen LogP contribution in [0.5, 0.6) is 5.75 Å². The Hall–Kier alpha value is -2.32. The molecule has 1 unspecified atom stereocenters. The van der Waals surface area contributed by atoms with E-state index in [1.807, 2.05) is 48.7 Å². The molecule has 25 heavy (non-hydrogen) atoms. The van der Waals surface area contributed by atoms with E-state index in [1.165, 1.54) is 23.1 Å². The molecule has 0 saturated heterocycles. The van der Waals surface area contributed by atoms with Gasteiger partial charge in [-0.3, -0.25) is 4.79 Å². The molecule has 8 heteroatoms. The number of thioether (sulfide) groups is 1. The summed E-state index contributed by atoms with van der Waals surface area (Å²) in [6.07, 6.45) is 0. The summed E-state index contributed by atoms with van der Waals surface area (Å²) in [6, 6.07) is 11.1. The molecular formula is C17H17N3O3S2. The van der Waals surface area contributed by atoms with E-state index in [1.54, 1.807) is 6.92 Å². The number of anilines is 1. The predicted molar refractivity (Wildman–Crippen MR) is 99.2 cm³/mol. The number of carbonyl (C=O) groups excluding carboxylic acids is 1. The Bertz CT molecular complexity index is 816. The minimum Gasteiger partial charge on any atom is -0.494 e. The standard InChI is InChI=1S/C17H17N3O3S2/c1-3-22-13-8-6-12(7-9-13)18-15(21)11(2)25-17-20-19-16(23-17)14-5-4-10-24-14/h4-11H,3H2,1-2H3,(H,18,21). The molecule has 0 aliphatic carbocycles. The molecule has 0 aliphatic rings. The number of nitrogens with one attached hydrogen (secondary N) is 1. The highest BCUT2D eigenvalue weighted by Gasteiger charge is 2.19. The van der Waals surface area contributed by atoms with Crippen LogP contribution in [0.15, 0.2) is 51.4 Å². The Morgan fingerprint density at radius 2 is 2.12 bits per heavy atom. The highest BCUT2D eigenvalue weighted by Crippen LogP contribution is 2.29. The van der Waals surface area contributed by atoms with Crippen LogP contribution in [0.2, 0.25) is 0 Å². The van der Waals surface area contributed by atoms with Gasteiger partial charge in [-0.1, -0.05) is 17.8 Å². The zero-order valence-electron chi connectivity index (χ0n) is 13.8. The normalized spacial score (nSPS) is 11.9. The Labute approximate surface area is 153 Å². The van der Waals surface area contributed by atoms with Crippen LogP contribution in [0.25, 0.3) is 10.8 Å². The smallest absolute Gasteiger partial charge is 0.277 e. The third kappa shape index (κ3) is 4.61. The van der Waals surface area contributed by atoms with Crippen LogP contribution in [0.3, 0.4) is 0 Å². The summed E-state index contributed by atoms with van der Waals surface area (Å²) in [5, 5.41) is 12.8. The monoisotopic (exact) mass is 375 g/mol. The molecule has 0 bridgehead atoms. The number of amides is 1. The van der Waals surface area contributed by atoms with Crippen LogP contribution >= 0.6 is 23.1 Å². The fourth-order valence-corrected chi connectivity index (χ4v) is 3.33. The van der Waals surface area contributed by atoms with Crippen molar-refractivity contribution in [2.24, 2.45) is 0 Å². The first-order valence-corrected chi connectivity index (χ1v) is 9.49. The topological polar surface area (TPSA) is 77.2 Å². The van der Waals surface area contributed by atoms with Crippen molar-refractivity contribution in [3.63, 3.8) is 0 Å². The lowest BCUT2D eigenvalue weighted by Gasteiger charge is -2.10. The molecule has 0 fully saturated rings. The van der Waals surface area contributed by atoms with Crippen molar-refractivity contribution in [1.82, 2.24) is 10.2 Å². The number of carbonyl (C=O) groups is 1. The van der Waals surface area contributed by atoms with Gasteiger partial charge in [0.2, 0.25) is 5.91 Å². The average molecular weight is 375 g/mol. The summed E-state index contributed by atoms with van der Waals surface area (Å²) in [5.41, 5.74) is 0.714. The summed E-state index contributed by atoms with van der Waals surface area (Å²) < 4.78 is 11.0. The zero-order valence-corrected chi connectivity index (χ0v) is 15.4. The van der Waals surface area contributed by atoms with Gasteiger partial charge in [-0.25, -0.2) is 0 Å². The highest BCUT2D eigenvalue weighted by atomic mass is 32.2. The maximum Gasteiger partial charge on any atom is 0.277 e. The summed E-state index contributed by atoms with van der Waals surface area (Å²) >= 11 is 2.75. The van der Waals surface area contributed by atoms with Crippen LogP contribution < -0.4 is 10.1 Å². The number of nitrogens with zero attached hydrogens (tertiary/aromatic N) is 2. The molecular weight excluding hydrogens is 358 g/mol. The maximum absolute atomic E-state index is 12.3. The van der Waals surface area contributed by atoms with Gasteiger partial charge in [0.15, 0.2) is 0 Å². The van der Waals surface area contributed by atoms with Crippen molar-refractivity contribution in [1.29, 1.82) is 0 Å². The molecule has 0 saturated carbocycles. The number of aromatic nitrogens is 2. The van der Waals surface area contributed by atoms with Gasteiger partial charge in [0.05, 0.1) is 16.7 Å². The number of benzene rings is 1. The lowest BCUT2D eigenvalue weighted by atomic mass is 10.3. The first-order valence-electron chi connectivity index (χ1n) is 7.73. The number of thiophene rings is 1. The van der Waals surface area contributed by atoms with E-state index in [9.17, 15) is 4.79 Å². The second kappa shape index (κ2) is 8.17. The highest BCUT2D eigenvalue weighted by molar-refractivity contribution is 8.00. The van der Waals surface area contributed by atoms with Crippen molar-refractivity contribution >= 4 is 34.7 Å². The van der Waals surface area contributed by atoms with E-state index in [4.69, 9.17) is 9.15 Å². The summed E-state index contributed by atoms with van der Waals surface area (Å²) in [5.74, 6) is 1.11. The largest absolute Gasteiger partial charge is 0.494 e. The van der Waals surface area contributed by atoms with E-state index >= 15 is 0 Å². The van der Waals surface area contributed by atoms with Gasteiger partial charge in [-0.2, -0.15) is 0 Å². The minimum absolute atomic E-state index is 0.134. The molecule has 130 valence electrons. The van der Waals surface area contributed by atoms with Crippen molar-refractivity contribution in [3.05, 3.63) is 41.8 Å². The van der Waals surface area contributed by atoms with E-state index in [0.717, 1.165) is 10.6 Å². The quantitative estimate of drug-likeness (QED) is 0.620. The fraction of sp³-hybridized carbons (Fsp3) is 0.235. The Morgan fingerprint density at radius 1 is 1.32 bits per heavy atom. The zero-order chi connectivity index (χ0) is 17.6. The average Bonchev–Trinajstić information content (AvgIpc) is 3.28. The van der Waals surface area contributed by atoms with Crippen molar-refractivity contribution in [2.45, 2.75) is 24.3 Å². The Kier molecular flexibility index (Phi) is 5.72. The molecule has 2 aromatic heterocycles. The fourth-order valence-electron chi connectivity index (χ4n) is 2.01. The van der Waals surface area contributed by atoms with Gasteiger partial charge in [0.1, 0.15) is 5.75 Å². The van der Waals surface area contributed by atoms with Crippen molar-refractivity contribution in [2.75, 3.05) is 11.9 Å². The van der Waals surface area contributed by atoms with Gasteiger partial charge in [0, 0.05) is 5.69 Å². The number of ether oxygens (including phenoxy) is 1. The lowest BCUT2D eigenvalue weighted by molar-refractivity contribution is -0.115. The first-order chi connectivity index (χ1) is 12.2. The van der Waals surface area contributed by atoms with Crippen LogP contribution in [-0.2, 0) is 4.79 Å². The molecule has 1 amide bonds. The summed E-state index contributed by atoms with van der Waals surface area (Å²) in [6.45, 7) is 4.33. The molecule has 6 nitrogen and oxygen atoms in total. The van der Waals surface area contributed by atoms with E-state index in [-0.39, 0.29) is 11.2 Å². The van der Waals surface area contributed by atoms with Crippen molar-refractivity contribution < 1.29 is 13.9 Å². The van der Waals surface area contributed by atoms with Gasteiger partial charge in [0.25, 0.3) is 11.1 Å². The molecule has 1 atom stereocenters. The second-order valence-corrected chi connectivity index (χ2v) is 7.30. The van der Waals surface area contributed by atoms with E-state index in [2.05, 4.69) is 15.5 Å². The number of hydrogen-bond acceptors (Lipinski definition) is 7. The molecule has 2 heterocycles. The van der Waals surface area contributed by atoms with Crippen LogP contribution in [-0.4, -0.2) is 28.0 Å². The lowest BCUT2D eigenvalue weighted by Crippen LogP contribution is -2.22. The Morgan fingerprint density at radius 3 is 2.80 bits per heavy atom. The second-order valence-electron chi connectivity index (χ2n) is 5.06.